The standard InChI is InChI=1S/C24H22FNO3/c1-17(18-6-4-3-5-7-18)26(2)23(27)16-29-22-14-10-20(11-15-22)24(28)19-8-12-21(25)13-9-19/h3-15,17H,16H2,1-2H3. The highest BCUT2D eigenvalue weighted by molar-refractivity contribution is 6.09. The molecule has 0 bridgehead atoms. The molecule has 1 atom stereocenters. The molecule has 0 saturated heterocycles. The van der Waals surface area contributed by atoms with E-state index in [9.17, 15) is 14.0 Å². The van der Waals surface area contributed by atoms with Gasteiger partial charge in [0.1, 0.15) is 11.6 Å². The molecular weight excluding hydrogens is 369 g/mol. The van der Waals surface area contributed by atoms with Crippen LogP contribution in [-0.4, -0.2) is 30.2 Å². The molecule has 0 saturated carbocycles. The molecule has 0 spiro atoms. The number of rotatable bonds is 7. The first-order valence-electron chi connectivity index (χ1n) is 9.29. The third-order valence-electron chi connectivity index (χ3n) is 4.84. The molecule has 1 amide bonds. The Morgan fingerprint density at radius 3 is 2.03 bits per heavy atom. The third-order valence-corrected chi connectivity index (χ3v) is 4.84. The summed E-state index contributed by atoms with van der Waals surface area (Å²) in [6, 6.07) is 21.7. The molecular formula is C24H22FNO3. The van der Waals surface area contributed by atoms with Crippen molar-refractivity contribution in [1.82, 2.24) is 4.90 Å². The van der Waals surface area contributed by atoms with E-state index in [0.29, 0.717) is 16.9 Å². The van der Waals surface area contributed by atoms with Crippen LogP contribution in [0.2, 0.25) is 0 Å². The lowest BCUT2D eigenvalue weighted by atomic mass is 10.0. The van der Waals surface area contributed by atoms with E-state index < -0.39 is 0 Å². The summed E-state index contributed by atoms with van der Waals surface area (Å²) in [5, 5.41) is 0. The van der Waals surface area contributed by atoms with Crippen molar-refractivity contribution in [3.05, 3.63) is 101 Å². The number of amides is 1. The van der Waals surface area contributed by atoms with Gasteiger partial charge in [0.05, 0.1) is 6.04 Å². The Hall–Kier alpha value is -3.47. The van der Waals surface area contributed by atoms with Gasteiger partial charge in [-0.3, -0.25) is 9.59 Å². The fourth-order valence-electron chi connectivity index (χ4n) is 2.89. The van der Waals surface area contributed by atoms with Crippen molar-refractivity contribution in [1.29, 1.82) is 0 Å². The van der Waals surface area contributed by atoms with Crippen LogP contribution in [0.25, 0.3) is 0 Å². The second-order valence-electron chi connectivity index (χ2n) is 6.74. The highest BCUT2D eigenvalue weighted by atomic mass is 19.1. The molecule has 5 heteroatoms. The van der Waals surface area contributed by atoms with Crippen molar-refractivity contribution in [2.24, 2.45) is 0 Å². The Balaban J connectivity index is 1.57. The summed E-state index contributed by atoms with van der Waals surface area (Å²) in [5.74, 6) is -0.242. The summed E-state index contributed by atoms with van der Waals surface area (Å²) < 4.78 is 18.6. The summed E-state index contributed by atoms with van der Waals surface area (Å²) in [4.78, 5) is 26.5. The molecule has 4 nitrogen and oxygen atoms in total. The number of nitrogens with zero attached hydrogens (tertiary/aromatic N) is 1. The lowest BCUT2D eigenvalue weighted by Gasteiger charge is -2.25. The van der Waals surface area contributed by atoms with E-state index in [1.54, 1.807) is 36.2 Å². The van der Waals surface area contributed by atoms with Crippen LogP contribution < -0.4 is 4.74 Å². The molecule has 0 N–H and O–H groups in total. The summed E-state index contributed by atoms with van der Waals surface area (Å²) in [7, 11) is 1.74. The van der Waals surface area contributed by atoms with E-state index in [4.69, 9.17) is 4.74 Å². The molecule has 3 aromatic carbocycles. The van der Waals surface area contributed by atoms with Crippen molar-refractivity contribution < 1.29 is 18.7 Å². The number of halogens is 1. The maximum atomic E-state index is 13.0. The van der Waals surface area contributed by atoms with Gasteiger partial charge in [-0.1, -0.05) is 30.3 Å². The van der Waals surface area contributed by atoms with Crippen LogP contribution in [0, 0.1) is 5.82 Å². The van der Waals surface area contributed by atoms with Crippen LogP contribution in [0.4, 0.5) is 4.39 Å². The average molecular weight is 391 g/mol. The Labute approximate surface area is 169 Å². The van der Waals surface area contributed by atoms with Crippen LogP contribution in [0.3, 0.4) is 0 Å². The first kappa shape index (κ1) is 20.3. The number of ether oxygens (including phenoxy) is 1. The fourth-order valence-corrected chi connectivity index (χ4v) is 2.89. The largest absolute Gasteiger partial charge is 0.484 e. The highest BCUT2D eigenvalue weighted by Gasteiger charge is 2.17. The normalized spacial score (nSPS) is 11.6. The van der Waals surface area contributed by atoms with Crippen molar-refractivity contribution >= 4 is 11.7 Å². The van der Waals surface area contributed by atoms with Crippen LogP contribution in [0.5, 0.6) is 5.75 Å². The van der Waals surface area contributed by atoms with Crippen LogP contribution >= 0.6 is 0 Å². The Kier molecular flexibility index (Phi) is 6.39. The number of hydrogen-bond acceptors (Lipinski definition) is 3. The zero-order valence-electron chi connectivity index (χ0n) is 16.3. The minimum atomic E-state index is -0.387. The molecule has 0 aliphatic rings. The summed E-state index contributed by atoms with van der Waals surface area (Å²) in [6.45, 7) is 1.86. The van der Waals surface area contributed by atoms with Crippen molar-refractivity contribution in [3.8, 4) is 5.75 Å². The number of ketones is 1. The molecule has 0 aliphatic carbocycles. The Morgan fingerprint density at radius 2 is 1.45 bits per heavy atom. The van der Waals surface area contributed by atoms with Gasteiger partial charge in [0.25, 0.3) is 5.91 Å². The Morgan fingerprint density at radius 1 is 0.897 bits per heavy atom. The van der Waals surface area contributed by atoms with Crippen molar-refractivity contribution in [2.45, 2.75) is 13.0 Å². The molecule has 0 aliphatic heterocycles. The van der Waals surface area contributed by atoms with Gasteiger partial charge >= 0.3 is 0 Å². The van der Waals surface area contributed by atoms with Crippen molar-refractivity contribution in [3.63, 3.8) is 0 Å². The van der Waals surface area contributed by atoms with Crippen LogP contribution in [0.1, 0.15) is 34.5 Å². The van der Waals surface area contributed by atoms with Crippen molar-refractivity contribution in [2.75, 3.05) is 13.7 Å². The van der Waals surface area contributed by atoms with Gasteiger partial charge in [-0.25, -0.2) is 4.39 Å². The van der Waals surface area contributed by atoms with Gasteiger partial charge < -0.3 is 9.64 Å². The van der Waals surface area contributed by atoms with Gasteiger partial charge in [0.2, 0.25) is 0 Å². The molecule has 29 heavy (non-hydrogen) atoms. The number of carbonyl (C=O) groups excluding carboxylic acids is 2. The lowest BCUT2D eigenvalue weighted by molar-refractivity contribution is -0.134. The SMILES string of the molecule is CC(c1ccccc1)N(C)C(=O)COc1ccc(C(=O)c2ccc(F)cc2)cc1. The van der Waals surface area contributed by atoms with Gasteiger partial charge in [-0.05, 0) is 61.0 Å². The fraction of sp³-hybridized carbons (Fsp3) is 0.167. The monoisotopic (exact) mass is 391 g/mol. The maximum absolute atomic E-state index is 13.0. The lowest BCUT2D eigenvalue weighted by Crippen LogP contribution is -2.33. The van der Waals surface area contributed by atoms with Gasteiger partial charge in [-0.15, -0.1) is 0 Å². The maximum Gasteiger partial charge on any atom is 0.260 e. The molecule has 0 fully saturated rings. The minimum Gasteiger partial charge on any atom is -0.484 e. The zero-order valence-corrected chi connectivity index (χ0v) is 16.3. The van der Waals surface area contributed by atoms with E-state index in [2.05, 4.69) is 0 Å². The van der Waals surface area contributed by atoms with E-state index in [0.717, 1.165) is 5.56 Å². The smallest absolute Gasteiger partial charge is 0.260 e. The van der Waals surface area contributed by atoms with E-state index >= 15 is 0 Å². The molecule has 1 unspecified atom stereocenters. The Bertz CT molecular complexity index is 969. The first-order valence-corrected chi connectivity index (χ1v) is 9.29. The average Bonchev–Trinajstić information content (AvgIpc) is 2.77. The van der Waals surface area contributed by atoms with E-state index in [-0.39, 0.29) is 30.2 Å². The van der Waals surface area contributed by atoms with Crippen LogP contribution in [-0.2, 0) is 4.79 Å². The number of likely N-dealkylation sites (N-methyl/N-ethyl adjacent to an activating group) is 1. The van der Waals surface area contributed by atoms with Gasteiger partial charge in [-0.2, -0.15) is 0 Å². The number of carbonyl (C=O) groups is 2. The van der Waals surface area contributed by atoms with Crippen LogP contribution in [0.15, 0.2) is 78.9 Å². The number of benzene rings is 3. The topological polar surface area (TPSA) is 46.6 Å². The second kappa shape index (κ2) is 9.15. The summed E-state index contributed by atoms with van der Waals surface area (Å²) >= 11 is 0. The molecule has 3 rings (SSSR count). The molecule has 148 valence electrons. The predicted octanol–water partition coefficient (Wildman–Crippen LogP) is 4.66. The first-order chi connectivity index (χ1) is 14.0. The summed E-state index contributed by atoms with van der Waals surface area (Å²) in [6.07, 6.45) is 0. The zero-order chi connectivity index (χ0) is 20.8. The van der Waals surface area contributed by atoms with E-state index in [1.807, 2.05) is 37.3 Å². The molecule has 0 radical (unpaired) electrons. The van der Waals surface area contributed by atoms with Gasteiger partial charge in [0.15, 0.2) is 12.4 Å². The molecule has 0 heterocycles. The second-order valence-corrected chi connectivity index (χ2v) is 6.74. The quantitative estimate of drug-likeness (QED) is 0.551. The molecule has 0 aromatic heterocycles. The minimum absolute atomic E-state index is 0.0667. The van der Waals surface area contributed by atoms with Gasteiger partial charge in [0, 0.05) is 18.2 Å². The third kappa shape index (κ3) is 5.08. The van der Waals surface area contributed by atoms with E-state index in [1.165, 1.54) is 24.3 Å². The molecule has 3 aromatic rings. The predicted molar refractivity (Wildman–Crippen MR) is 109 cm³/mol. The highest BCUT2D eigenvalue weighted by Crippen LogP contribution is 2.19. The number of hydrogen-bond donors (Lipinski definition) is 0. The summed E-state index contributed by atoms with van der Waals surface area (Å²) in [5.41, 5.74) is 1.92.